The molecule has 0 spiro atoms. The van der Waals surface area contributed by atoms with Gasteiger partial charge in [-0.1, -0.05) is 5.92 Å². The van der Waals surface area contributed by atoms with E-state index in [4.69, 9.17) is 22.0 Å². The number of aliphatic hydroxyl groups is 4. The summed E-state index contributed by atoms with van der Waals surface area (Å²) in [6.45, 7) is -1.11. The van der Waals surface area contributed by atoms with E-state index in [-0.39, 0.29) is 17.1 Å². The Morgan fingerprint density at radius 2 is 2.05 bits per heavy atom. The summed E-state index contributed by atoms with van der Waals surface area (Å²) in [5.74, 6) is 1.97. The van der Waals surface area contributed by atoms with Gasteiger partial charge in [-0.2, -0.15) is 4.98 Å². The number of hydrogen-bond donors (Lipinski definition) is 5. The Bertz CT molecular complexity index is 637. The van der Waals surface area contributed by atoms with E-state index >= 15 is 0 Å². The number of nitrogens with two attached hydrogens (primary N) is 1. The lowest BCUT2D eigenvalue weighted by molar-refractivity contribution is -0.0555. The van der Waals surface area contributed by atoms with Crippen LogP contribution in [0.15, 0.2) is 4.79 Å². The predicted octanol–water partition coefficient (Wildman–Crippen LogP) is -3.09. The van der Waals surface area contributed by atoms with Crippen molar-refractivity contribution in [2.24, 2.45) is 0 Å². The van der Waals surface area contributed by atoms with E-state index in [2.05, 4.69) is 10.9 Å². The number of hydrogen-bond acceptors (Lipinski definition) is 8. The molecule has 0 amide bonds. The molecule has 1 aliphatic heterocycles. The van der Waals surface area contributed by atoms with Crippen molar-refractivity contribution in [2.75, 3.05) is 12.3 Å². The fourth-order valence-corrected chi connectivity index (χ4v) is 2.23. The standard InChI is InChI=1S/C12H15N3O6/c1-2-6-5(3-16)10(13)14-12(20)15(6)11-9(19)8(18)7(4-17)21-11/h1,7-9,11,16-19H,3-4H2,(H2,13,14,20)/t7-,8-,9-,11?/m1/s1. The van der Waals surface area contributed by atoms with Gasteiger partial charge in [0.05, 0.1) is 18.8 Å². The molecule has 0 saturated carbocycles. The summed E-state index contributed by atoms with van der Waals surface area (Å²) < 4.78 is 6.06. The molecule has 21 heavy (non-hydrogen) atoms. The summed E-state index contributed by atoms with van der Waals surface area (Å²) >= 11 is 0. The minimum atomic E-state index is -1.50. The molecule has 1 aromatic heterocycles. The van der Waals surface area contributed by atoms with Crippen LogP contribution in [0, 0.1) is 12.3 Å². The molecule has 0 bridgehead atoms. The topological polar surface area (TPSA) is 151 Å². The normalized spacial score (nSPS) is 28.5. The van der Waals surface area contributed by atoms with Gasteiger partial charge in [0.2, 0.25) is 0 Å². The smallest absolute Gasteiger partial charge is 0.352 e. The van der Waals surface area contributed by atoms with Gasteiger partial charge in [-0.15, -0.1) is 6.42 Å². The third kappa shape index (κ3) is 2.39. The zero-order valence-electron chi connectivity index (χ0n) is 10.9. The number of nitrogens with zero attached hydrogens (tertiary/aromatic N) is 2. The Morgan fingerprint density at radius 1 is 1.38 bits per heavy atom. The first kappa shape index (κ1) is 15.4. The molecule has 1 unspecified atom stereocenters. The first-order valence-corrected chi connectivity index (χ1v) is 6.07. The van der Waals surface area contributed by atoms with Gasteiger partial charge in [0, 0.05) is 0 Å². The number of terminal acetylenes is 1. The van der Waals surface area contributed by atoms with E-state index in [1.54, 1.807) is 0 Å². The molecule has 6 N–H and O–H groups in total. The number of ether oxygens (including phenoxy) is 1. The van der Waals surface area contributed by atoms with Gasteiger partial charge in [-0.25, -0.2) is 4.79 Å². The molecule has 9 heteroatoms. The first-order valence-electron chi connectivity index (χ1n) is 6.07. The van der Waals surface area contributed by atoms with Crippen molar-refractivity contribution < 1.29 is 25.2 Å². The first-order chi connectivity index (χ1) is 9.96. The van der Waals surface area contributed by atoms with Crippen molar-refractivity contribution in [3.05, 3.63) is 21.7 Å². The third-order valence-corrected chi connectivity index (χ3v) is 3.32. The van der Waals surface area contributed by atoms with E-state index in [9.17, 15) is 20.1 Å². The Labute approximate surface area is 119 Å². The lowest BCUT2D eigenvalue weighted by Gasteiger charge is -2.21. The summed E-state index contributed by atoms with van der Waals surface area (Å²) in [7, 11) is 0. The predicted molar refractivity (Wildman–Crippen MR) is 69.8 cm³/mol. The Morgan fingerprint density at radius 3 is 2.52 bits per heavy atom. The maximum atomic E-state index is 12.0. The Hall–Kier alpha value is -1.96. The van der Waals surface area contributed by atoms with Crippen molar-refractivity contribution in [3.63, 3.8) is 0 Å². The van der Waals surface area contributed by atoms with Crippen LogP contribution in [0.2, 0.25) is 0 Å². The third-order valence-electron chi connectivity index (χ3n) is 3.32. The zero-order valence-corrected chi connectivity index (χ0v) is 10.9. The van der Waals surface area contributed by atoms with Crippen LogP contribution in [0.5, 0.6) is 0 Å². The second kappa shape index (κ2) is 5.80. The van der Waals surface area contributed by atoms with Gasteiger partial charge in [0.1, 0.15) is 29.8 Å². The van der Waals surface area contributed by atoms with Crippen LogP contribution in [0.1, 0.15) is 17.5 Å². The van der Waals surface area contributed by atoms with Gasteiger partial charge in [-0.05, 0) is 0 Å². The van der Waals surface area contributed by atoms with E-state index in [1.165, 1.54) is 0 Å². The highest BCUT2D eigenvalue weighted by Gasteiger charge is 2.44. The quantitative estimate of drug-likeness (QED) is 0.368. The van der Waals surface area contributed by atoms with Crippen LogP contribution in [-0.2, 0) is 11.3 Å². The second-order valence-electron chi connectivity index (χ2n) is 4.51. The molecule has 0 radical (unpaired) electrons. The summed E-state index contributed by atoms with van der Waals surface area (Å²) in [6.07, 6.45) is 0.0239. The van der Waals surface area contributed by atoms with Gasteiger partial charge in [0.15, 0.2) is 6.23 Å². The molecule has 1 aromatic rings. The van der Waals surface area contributed by atoms with Crippen LogP contribution >= 0.6 is 0 Å². The van der Waals surface area contributed by atoms with Crippen molar-refractivity contribution in [1.29, 1.82) is 0 Å². The monoisotopic (exact) mass is 297 g/mol. The summed E-state index contributed by atoms with van der Waals surface area (Å²) in [5, 5.41) is 38.0. The highest BCUT2D eigenvalue weighted by Crippen LogP contribution is 2.30. The number of aromatic nitrogens is 2. The van der Waals surface area contributed by atoms with Crippen molar-refractivity contribution in [3.8, 4) is 12.3 Å². The van der Waals surface area contributed by atoms with Crippen molar-refractivity contribution in [1.82, 2.24) is 9.55 Å². The molecular weight excluding hydrogens is 282 g/mol. The van der Waals surface area contributed by atoms with E-state index in [1.807, 2.05) is 0 Å². The highest BCUT2D eigenvalue weighted by molar-refractivity contribution is 5.47. The van der Waals surface area contributed by atoms with E-state index in [0.717, 1.165) is 4.57 Å². The number of aliphatic hydroxyl groups excluding tert-OH is 4. The minimum Gasteiger partial charge on any atom is -0.394 e. The second-order valence-corrected chi connectivity index (χ2v) is 4.51. The van der Waals surface area contributed by atoms with Gasteiger partial charge in [0.25, 0.3) is 0 Å². The van der Waals surface area contributed by atoms with Crippen LogP contribution in [-0.4, -0.2) is 54.9 Å². The molecular formula is C12H15N3O6. The number of rotatable bonds is 3. The van der Waals surface area contributed by atoms with E-state index in [0.29, 0.717) is 0 Å². The molecule has 114 valence electrons. The maximum Gasteiger partial charge on any atom is 0.352 e. The highest BCUT2D eigenvalue weighted by atomic mass is 16.6. The van der Waals surface area contributed by atoms with Gasteiger partial charge >= 0.3 is 5.69 Å². The fourth-order valence-electron chi connectivity index (χ4n) is 2.23. The minimum absolute atomic E-state index is 0.0369. The van der Waals surface area contributed by atoms with Crippen LogP contribution < -0.4 is 11.4 Å². The Kier molecular flexibility index (Phi) is 4.26. The van der Waals surface area contributed by atoms with Crippen LogP contribution in [0.4, 0.5) is 5.82 Å². The molecule has 1 saturated heterocycles. The summed E-state index contributed by atoms with van der Waals surface area (Å²) in [5.41, 5.74) is 4.55. The molecule has 2 rings (SSSR count). The lowest BCUT2D eigenvalue weighted by Crippen LogP contribution is -2.38. The molecule has 0 aromatic carbocycles. The molecule has 2 heterocycles. The van der Waals surface area contributed by atoms with E-state index < -0.39 is 43.4 Å². The van der Waals surface area contributed by atoms with Gasteiger partial charge in [-0.3, -0.25) is 4.57 Å². The molecule has 1 fully saturated rings. The summed E-state index contributed by atoms with van der Waals surface area (Å²) in [4.78, 5) is 15.5. The van der Waals surface area contributed by atoms with Crippen molar-refractivity contribution in [2.45, 2.75) is 31.1 Å². The van der Waals surface area contributed by atoms with Crippen LogP contribution in [0.25, 0.3) is 0 Å². The average Bonchev–Trinajstić information content (AvgIpc) is 2.74. The lowest BCUT2D eigenvalue weighted by atomic mass is 10.1. The molecule has 4 atom stereocenters. The zero-order chi connectivity index (χ0) is 15.7. The molecule has 0 aliphatic carbocycles. The molecule has 1 aliphatic rings. The number of nitrogen functional groups attached to an aromatic ring is 1. The molecule has 9 nitrogen and oxygen atoms in total. The number of anilines is 1. The van der Waals surface area contributed by atoms with Gasteiger partial charge < -0.3 is 30.9 Å². The Balaban J connectivity index is 2.60. The van der Waals surface area contributed by atoms with Crippen LogP contribution in [0.3, 0.4) is 0 Å². The van der Waals surface area contributed by atoms with Crippen molar-refractivity contribution >= 4 is 5.82 Å². The average molecular weight is 297 g/mol. The SMILES string of the molecule is C#Cc1c(CO)c(N)nc(=O)n1C1O[C@H](CO)[C@@H](O)[C@H]1O. The fraction of sp³-hybridized carbons (Fsp3) is 0.500. The largest absolute Gasteiger partial charge is 0.394 e. The maximum absolute atomic E-state index is 12.0. The summed E-state index contributed by atoms with van der Waals surface area (Å²) in [6, 6.07) is 0.